The molecule has 1 nitrogen and oxygen atoms in total. The molecular formula is C16H16ClFO. The van der Waals surface area contributed by atoms with Crippen molar-refractivity contribution in [3.05, 3.63) is 70.5 Å². The molecule has 2 rings (SSSR count). The van der Waals surface area contributed by atoms with Gasteiger partial charge in [-0.25, -0.2) is 4.39 Å². The summed E-state index contributed by atoms with van der Waals surface area (Å²) in [6, 6.07) is 14.1. The maximum absolute atomic E-state index is 13.7. The molecule has 2 aromatic carbocycles. The molecule has 1 N–H and O–H groups in total. The zero-order valence-electron chi connectivity index (χ0n) is 10.7. The highest BCUT2D eigenvalue weighted by atomic mass is 35.5. The summed E-state index contributed by atoms with van der Waals surface area (Å²) >= 11 is 5.86. The quantitative estimate of drug-likeness (QED) is 0.896. The standard InChI is InChI=1S/C16H16ClFO/c1-16(19,10-12-5-3-2-4-6-12)11-13-9-14(17)7-8-15(13)18/h2-9,19H,10-11H2,1H3. The zero-order valence-corrected chi connectivity index (χ0v) is 11.5. The summed E-state index contributed by atoms with van der Waals surface area (Å²) in [5, 5.41) is 10.9. The van der Waals surface area contributed by atoms with Crippen molar-refractivity contribution in [2.24, 2.45) is 0 Å². The third-order valence-corrected chi connectivity index (χ3v) is 3.24. The van der Waals surface area contributed by atoms with Crippen molar-refractivity contribution in [2.45, 2.75) is 25.4 Å². The van der Waals surface area contributed by atoms with Crippen LogP contribution in [-0.4, -0.2) is 10.7 Å². The number of halogens is 2. The van der Waals surface area contributed by atoms with Gasteiger partial charge in [0, 0.05) is 17.9 Å². The van der Waals surface area contributed by atoms with E-state index < -0.39 is 5.60 Å². The molecule has 0 aromatic heterocycles. The topological polar surface area (TPSA) is 20.2 Å². The molecule has 0 saturated carbocycles. The molecule has 100 valence electrons. The smallest absolute Gasteiger partial charge is 0.126 e. The maximum atomic E-state index is 13.7. The van der Waals surface area contributed by atoms with Crippen molar-refractivity contribution in [3.63, 3.8) is 0 Å². The second-order valence-corrected chi connectivity index (χ2v) is 5.51. The lowest BCUT2D eigenvalue weighted by atomic mass is 9.89. The van der Waals surface area contributed by atoms with Crippen LogP contribution in [0.25, 0.3) is 0 Å². The Labute approximate surface area is 117 Å². The Bertz CT molecular complexity index is 552. The van der Waals surface area contributed by atoms with Gasteiger partial charge in [0.2, 0.25) is 0 Å². The summed E-state index contributed by atoms with van der Waals surface area (Å²) < 4.78 is 13.7. The van der Waals surface area contributed by atoms with Crippen LogP contribution in [0.15, 0.2) is 48.5 Å². The first-order valence-corrected chi connectivity index (χ1v) is 6.54. The average Bonchev–Trinajstić information content (AvgIpc) is 2.34. The fourth-order valence-corrected chi connectivity index (χ4v) is 2.38. The van der Waals surface area contributed by atoms with Gasteiger partial charge in [-0.05, 0) is 36.2 Å². The molecule has 0 heterocycles. The molecule has 1 unspecified atom stereocenters. The summed E-state index contributed by atoms with van der Waals surface area (Å²) in [4.78, 5) is 0. The van der Waals surface area contributed by atoms with Crippen molar-refractivity contribution in [2.75, 3.05) is 0 Å². The van der Waals surface area contributed by atoms with E-state index in [2.05, 4.69) is 0 Å². The van der Waals surface area contributed by atoms with Gasteiger partial charge >= 0.3 is 0 Å². The van der Waals surface area contributed by atoms with Crippen LogP contribution in [0.2, 0.25) is 5.02 Å². The van der Waals surface area contributed by atoms with E-state index in [1.165, 1.54) is 12.1 Å². The number of hydrogen-bond donors (Lipinski definition) is 1. The molecule has 0 fully saturated rings. The molecule has 0 radical (unpaired) electrons. The van der Waals surface area contributed by atoms with Crippen LogP contribution in [-0.2, 0) is 12.8 Å². The van der Waals surface area contributed by atoms with E-state index >= 15 is 0 Å². The Hall–Kier alpha value is -1.38. The molecule has 19 heavy (non-hydrogen) atoms. The Morgan fingerprint density at radius 3 is 2.47 bits per heavy atom. The fraction of sp³-hybridized carbons (Fsp3) is 0.250. The second-order valence-electron chi connectivity index (χ2n) is 5.07. The highest BCUT2D eigenvalue weighted by molar-refractivity contribution is 6.30. The van der Waals surface area contributed by atoms with Gasteiger partial charge in [-0.1, -0.05) is 41.9 Å². The van der Waals surface area contributed by atoms with Gasteiger partial charge in [0.15, 0.2) is 0 Å². The Kier molecular flexibility index (Phi) is 4.23. The molecule has 0 saturated heterocycles. The number of rotatable bonds is 4. The molecule has 2 aromatic rings. The summed E-state index contributed by atoms with van der Waals surface area (Å²) in [5.41, 5.74) is 0.454. The van der Waals surface area contributed by atoms with Crippen molar-refractivity contribution in [1.29, 1.82) is 0 Å². The molecule has 0 aliphatic heterocycles. The first-order chi connectivity index (χ1) is 8.96. The third-order valence-electron chi connectivity index (χ3n) is 3.01. The average molecular weight is 279 g/mol. The van der Waals surface area contributed by atoms with Gasteiger partial charge < -0.3 is 5.11 Å². The van der Waals surface area contributed by atoms with E-state index in [1.54, 1.807) is 13.0 Å². The highest BCUT2D eigenvalue weighted by Gasteiger charge is 2.23. The molecule has 0 aliphatic carbocycles. The van der Waals surface area contributed by atoms with Gasteiger partial charge in [-0.15, -0.1) is 0 Å². The predicted octanol–water partition coefficient (Wildman–Crippen LogP) is 4.02. The van der Waals surface area contributed by atoms with Crippen molar-refractivity contribution >= 4 is 11.6 Å². The van der Waals surface area contributed by atoms with Gasteiger partial charge in [0.1, 0.15) is 5.82 Å². The lowest BCUT2D eigenvalue weighted by Crippen LogP contribution is -2.30. The van der Waals surface area contributed by atoms with E-state index in [4.69, 9.17) is 11.6 Å². The minimum atomic E-state index is -1.01. The normalized spacial score (nSPS) is 14.1. The van der Waals surface area contributed by atoms with Crippen LogP contribution in [0.4, 0.5) is 4.39 Å². The number of hydrogen-bond acceptors (Lipinski definition) is 1. The first kappa shape index (κ1) is 14.0. The Morgan fingerprint density at radius 1 is 1.11 bits per heavy atom. The van der Waals surface area contributed by atoms with E-state index in [9.17, 15) is 9.50 Å². The minimum Gasteiger partial charge on any atom is -0.389 e. The van der Waals surface area contributed by atoms with Crippen molar-refractivity contribution < 1.29 is 9.50 Å². The lowest BCUT2D eigenvalue weighted by molar-refractivity contribution is 0.0599. The van der Waals surface area contributed by atoms with E-state index in [0.29, 0.717) is 17.0 Å². The maximum Gasteiger partial charge on any atom is 0.126 e. The first-order valence-electron chi connectivity index (χ1n) is 6.16. The SMILES string of the molecule is CC(O)(Cc1ccccc1)Cc1cc(Cl)ccc1F. The molecule has 3 heteroatoms. The van der Waals surface area contributed by atoms with Crippen LogP contribution in [0.3, 0.4) is 0 Å². The Balaban J connectivity index is 2.14. The van der Waals surface area contributed by atoms with Crippen LogP contribution in [0, 0.1) is 5.82 Å². The summed E-state index contributed by atoms with van der Waals surface area (Å²) in [6.07, 6.45) is 0.702. The molecule has 1 atom stereocenters. The fourth-order valence-electron chi connectivity index (χ4n) is 2.19. The largest absolute Gasteiger partial charge is 0.389 e. The van der Waals surface area contributed by atoms with E-state index in [-0.39, 0.29) is 12.2 Å². The van der Waals surface area contributed by atoms with Crippen LogP contribution < -0.4 is 0 Å². The Morgan fingerprint density at radius 2 is 1.79 bits per heavy atom. The molecule has 0 bridgehead atoms. The molecule has 0 aliphatic rings. The van der Waals surface area contributed by atoms with Gasteiger partial charge in [0.05, 0.1) is 5.60 Å². The molecule has 0 spiro atoms. The highest BCUT2D eigenvalue weighted by Crippen LogP contribution is 2.23. The minimum absolute atomic E-state index is 0.230. The van der Waals surface area contributed by atoms with Gasteiger partial charge in [-0.3, -0.25) is 0 Å². The molecule has 0 amide bonds. The number of benzene rings is 2. The van der Waals surface area contributed by atoms with Crippen LogP contribution >= 0.6 is 11.6 Å². The summed E-state index contributed by atoms with van der Waals surface area (Å²) in [7, 11) is 0. The van der Waals surface area contributed by atoms with E-state index in [0.717, 1.165) is 5.56 Å². The predicted molar refractivity (Wildman–Crippen MR) is 75.9 cm³/mol. The van der Waals surface area contributed by atoms with Crippen LogP contribution in [0.5, 0.6) is 0 Å². The summed E-state index contributed by atoms with van der Waals surface area (Å²) in [5.74, 6) is -0.335. The lowest BCUT2D eigenvalue weighted by Gasteiger charge is -2.24. The van der Waals surface area contributed by atoms with Gasteiger partial charge in [0.25, 0.3) is 0 Å². The molecular weight excluding hydrogens is 263 g/mol. The van der Waals surface area contributed by atoms with Gasteiger partial charge in [-0.2, -0.15) is 0 Å². The third kappa shape index (κ3) is 4.05. The number of aliphatic hydroxyl groups is 1. The van der Waals surface area contributed by atoms with Crippen molar-refractivity contribution in [1.82, 2.24) is 0 Å². The second kappa shape index (κ2) is 5.72. The summed E-state index contributed by atoms with van der Waals surface area (Å²) in [6.45, 7) is 1.71. The van der Waals surface area contributed by atoms with E-state index in [1.807, 2.05) is 30.3 Å². The van der Waals surface area contributed by atoms with Crippen LogP contribution in [0.1, 0.15) is 18.1 Å². The monoisotopic (exact) mass is 278 g/mol. The zero-order chi connectivity index (χ0) is 13.9. The van der Waals surface area contributed by atoms with Crippen molar-refractivity contribution in [3.8, 4) is 0 Å².